The molecule has 0 radical (unpaired) electrons. The molecule has 7 nitrogen and oxygen atoms in total. The van der Waals surface area contributed by atoms with Gasteiger partial charge in [0.2, 0.25) is 0 Å². The van der Waals surface area contributed by atoms with Crippen molar-refractivity contribution in [1.29, 1.82) is 0 Å². The first kappa shape index (κ1) is 17.7. The van der Waals surface area contributed by atoms with E-state index < -0.39 is 12.0 Å². The van der Waals surface area contributed by atoms with E-state index in [-0.39, 0.29) is 17.9 Å². The topological polar surface area (TPSA) is 93.9 Å². The molecule has 0 aromatic heterocycles. The van der Waals surface area contributed by atoms with Crippen molar-refractivity contribution in [1.82, 2.24) is 0 Å². The summed E-state index contributed by atoms with van der Waals surface area (Å²) in [6.07, 6.45) is 0.399. The van der Waals surface area contributed by atoms with Crippen molar-refractivity contribution in [2.45, 2.75) is 32.5 Å². The smallest absolute Gasteiger partial charge is 0.253 e. The van der Waals surface area contributed by atoms with Gasteiger partial charge in [0.15, 0.2) is 0 Å². The van der Waals surface area contributed by atoms with Gasteiger partial charge in [-0.1, -0.05) is 6.92 Å². The van der Waals surface area contributed by atoms with Crippen LogP contribution in [0.15, 0.2) is 18.2 Å². The summed E-state index contributed by atoms with van der Waals surface area (Å²) < 4.78 is 11.0. The molecule has 2 aliphatic heterocycles. The van der Waals surface area contributed by atoms with Crippen LogP contribution in [-0.4, -0.2) is 50.3 Å². The van der Waals surface area contributed by atoms with Gasteiger partial charge < -0.3 is 25.4 Å². The van der Waals surface area contributed by atoms with Crippen LogP contribution in [0.5, 0.6) is 0 Å². The molecule has 0 spiro atoms. The van der Waals surface area contributed by atoms with Gasteiger partial charge in [0.1, 0.15) is 6.10 Å². The highest BCUT2D eigenvalue weighted by Gasteiger charge is 2.35. The number of carbonyl (C=O) groups is 2. The van der Waals surface area contributed by atoms with E-state index in [0.717, 1.165) is 25.2 Å². The Hall–Kier alpha value is -2.12. The molecule has 2 saturated heterocycles. The van der Waals surface area contributed by atoms with E-state index in [2.05, 4.69) is 10.2 Å². The highest BCUT2D eigenvalue weighted by atomic mass is 16.5. The lowest BCUT2D eigenvalue weighted by Gasteiger charge is -2.29. The van der Waals surface area contributed by atoms with Crippen LogP contribution in [-0.2, 0) is 14.3 Å². The van der Waals surface area contributed by atoms with Gasteiger partial charge in [-0.05, 0) is 37.5 Å². The highest BCUT2D eigenvalue weighted by molar-refractivity contribution is 6.04. The average Bonchev–Trinajstić information content (AvgIpc) is 2.94. The first-order valence-corrected chi connectivity index (χ1v) is 8.68. The number of hydrogen-bond acceptors (Lipinski definition) is 5. The number of nitrogens with two attached hydrogens (primary N) is 1. The molecule has 25 heavy (non-hydrogen) atoms. The van der Waals surface area contributed by atoms with Crippen LogP contribution in [0.3, 0.4) is 0 Å². The van der Waals surface area contributed by atoms with Crippen molar-refractivity contribution >= 4 is 23.2 Å². The summed E-state index contributed by atoms with van der Waals surface area (Å²) >= 11 is 0. The Balaban J connectivity index is 1.78. The van der Waals surface area contributed by atoms with Gasteiger partial charge >= 0.3 is 0 Å². The normalized spacial score (nSPS) is 26.5. The van der Waals surface area contributed by atoms with Gasteiger partial charge in [-0.25, -0.2) is 0 Å². The molecule has 1 aromatic carbocycles. The fourth-order valence-electron chi connectivity index (χ4n) is 3.47. The average molecular weight is 347 g/mol. The van der Waals surface area contributed by atoms with Crippen LogP contribution < -0.4 is 16.0 Å². The quantitative estimate of drug-likeness (QED) is 0.858. The molecule has 3 rings (SSSR count). The maximum atomic E-state index is 12.5. The maximum absolute atomic E-state index is 12.5. The SMILES string of the molecule is CC1CC(C)C(C(=O)Nc2ccc(N3CCOCC3)cc2C(N)=O)O1. The zero-order chi connectivity index (χ0) is 18.0. The van der Waals surface area contributed by atoms with Gasteiger partial charge in [0, 0.05) is 18.8 Å². The molecule has 3 unspecified atom stereocenters. The summed E-state index contributed by atoms with van der Waals surface area (Å²) in [5.74, 6) is -0.669. The molecule has 136 valence electrons. The molecular formula is C18H25N3O4. The molecular weight excluding hydrogens is 322 g/mol. The van der Waals surface area contributed by atoms with E-state index in [1.54, 1.807) is 12.1 Å². The molecule has 0 aliphatic carbocycles. The lowest BCUT2D eigenvalue weighted by molar-refractivity contribution is -0.127. The van der Waals surface area contributed by atoms with Gasteiger partial charge in [-0.15, -0.1) is 0 Å². The Morgan fingerprint density at radius 3 is 2.56 bits per heavy atom. The Morgan fingerprint density at radius 1 is 1.24 bits per heavy atom. The molecule has 2 fully saturated rings. The lowest BCUT2D eigenvalue weighted by atomic mass is 10.0. The van der Waals surface area contributed by atoms with Crippen molar-refractivity contribution in [3.63, 3.8) is 0 Å². The van der Waals surface area contributed by atoms with Crippen LogP contribution in [0, 0.1) is 5.92 Å². The van der Waals surface area contributed by atoms with Gasteiger partial charge in [-0.3, -0.25) is 9.59 Å². The molecule has 2 heterocycles. The van der Waals surface area contributed by atoms with Crippen molar-refractivity contribution in [2.24, 2.45) is 11.7 Å². The van der Waals surface area contributed by atoms with E-state index in [4.69, 9.17) is 15.2 Å². The van der Waals surface area contributed by atoms with Crippen molar-refractivity contribution in [2.75, 3.05) is 36.5 Å². The number of rotatable bonds is 4. The second-order valence-corrected chi connectivity index (χ2v) is 6.76. The third-order valence-corrected chi connectivity index (χ3v) is 4.76. The van der Waals surface area contributed by atoms with Crippen LogP contribution >= 0.6 is 0 Å². The fourth-order valence-corrected chi connectivity index (χ4v) is 3.47. The van der Waals surface area contributed by atoms with Gasteiger partial charge in [0.25, 0.3) is 11.8 Å². The van der Waals surface area contributed by atoms with E-state index in [9.17, 15) is 9.59 Å². The minimum absolute atomic E-state index is 0.0602. The summed E-state index contributed by atoms with van der Waals surface area (Å²) in [6, 6.07) is 5.34. The number of carbonyl (C=O) groups excluding carboxylic acids is 2. The summed E-state index contributed by atoms with van der Waals surface area (Å²) in [4.78, 5) is 26.5. The van der Waals surface area contributed by atoms with E-state index in [0.29, 0.717) is 24.5 Å². The first-order chi connectivity index (χ1) is 12.0. The number of nitrogens with zero attached hydrogens (tertiary/aromatic N) is 1. The molecule has 1 aromatic rings. The van der Waals surface area contributed by atoms with Crippen molar-refractivity contribution in [3.8, 4) is 0 Å². The van der Waals surface area contributed by atoms with E-state index >= 15 is 0 Å². The minimum atomic E-state index is -0.570. The second kappa shape index (κ2) is 7.41. The van der Waals surface area contributed by atoms with Crippen molar-refractivity contribution in [3.05, 3.63) is 23.8 Å². The lowest BCUT2D eigenvalue weighted by Crippen LogP contribution is -2.36. The van der Waals surface area contributed by atoms with Crippen LogP contribution in [0.25, 0.3) is 0 Å². The van der Waals surface area contributed by atoms with Crippen LogP contribution in [0.2, 0.25) is 0 Å². The number of amides is 2. The van der Waals surface area contributed by atoms with Gasteiger partial charge in [0.05, 0.1) is 30.6 Å². The Bertz CT molecular complexity index is 658. The number of ether oxygens (including phenoxy) is 2. The molecule has 0 bridgehead atoms. The Morgan fingerprint density at radius 2 is 1.96 bits per heavy atom. The number of anilines is 2. The zero-order valence-electron chi connectivity index (χ0n) is 14.7. The number of nitrogens with one attached hydrogen (secondary N) is 1. The van der Waals surface area contributed by atoms with Crippen LogP contribution in [0.1, 0.15) is 30.6 Å². The summed E-state index contributed by atoms with van der Waals surface area (Å²) in [5.41, 5.74) is 7.15. The summed E-state index contributed by atoms with van der Waals surface area (Å²) in [7, 11) is 0. The number of primary amides is 1. The van der Waals surface area contributed by atoms with Crippen LogP contribution in [0.4, 0.5) is 11.4 Å². The summed E-state index contributed by atoms with van der Waals surface area (Å²) in [6.45, 7) is 6.77. The highest BCUT2D eigenvalue weighted by Crippen LogP contribution is 2.28. The number of morpholine rings is 1. The van der Waals surface area contributed by atoms with E-state index in [1.807, 2.05) is 19.9 Å². The van der Waals surface area contributed by atoms with Crippen molar-refractivity contribution < 1.29 is 19.1 Å². The summed E-state index contributed by atoms with van der Waals surface area (Å²) in [5, 5.41) is 2.81. The predicted octanol–water partition coefficient (Wildman–Crippen LogP) is 1.37. The Kier molecular flexibility index (Phi) is 5.24. The molecule has 3 atom stereocenters. The van der Waals surface area contributed by atoms with E-state index in [1.165, 1.54) is 0 Å². The third kappa shape index (κ3) is 3.93. The standard InChI is InChI=1S/C18H25N3O4/c1-11-9-12(2)25-16(11)18(23)20-15-4-3-13(10-14(15)17(19)22)21-5-7-24-8-6-21/h3-4,10-12,16H,5-9H2,1-2H3,(H2,19,22)(H,20,23). The fraction of sp³-hybridized carbons (Fsp3) is 0.556. The largest absolute Gasteiger partial charge is 0.378 e. The monoisotopic (exact) mass is 347 g/mol. The number of hydrogen-bond donors (Lipinski definition) is 2. The second-order valence-electron chi connectivity index (χ2n) is 6.76. The first-order valence-electron chi connectivity index (χ1n) is 8.68. The third-order valence-electron chi connectivity index (χ3n) is 4.76. The molecule has 2 amide bonds. The maximum Gasteiger partial charge on any atom is 0.253 e. The molecule has 2 aliphatic rings. The molecule has 7 heteroatoms. The zero-order valence-corrected chi connectivity index (χ0v) is 14.7. The molecule has 0 saturated carbocycles. The molecule has 3 N–H and O–H groups in total. The Labute approximate surface area is 147 Å². The van der Waals surface area contributed by atoms with Gasteiger partial charge in [-0.2, -0.15) is 0 Å². The minimum Gasteiger partial charge on any atom is -0.378 e. The number of benzene rings is 1. The predicted molar refractivity (Wildman–Crippen MR) is 94.7 cm³/mol.